The van der Waals surface area contributed by atoms with Crippen LogP contribution in [0.25, 0.3) is 0 Å². The maximum atomic E-state index is 12.0. The van der Waals surface area contributed by atoms with Gasteiger partial charge in [0.25, 0.3) is 0 Å². The van der Waals surface area contributed by atoms with E-state index in [-0.39, 0.29) is 12.3 Å². The van der Waals surface area contributed by atoms with Crippen molar-refractivity contribution in [3.63, 3.8) is 0 Å². The van der Waals surface area contributed by atoms with Crippen LogP contribution in [0.5, 0.6) is 0 Å². The van der Waals surface area contributed by atoms with Crippen LogP contribution < -0.4 is 10.6 Å². The highest BCUT2D eigenvalue weighted by molar-refractivity contribution is 7.89. The molecular weight excluding hydrogens is 330 g/mol. The van der Waals surface area contributed by atoms with Crippen molar-refractivity contribution in [3.05, 3.63) is 29.3 Å². The average molecular weight is 348 g/mol. The molecule has 1 heterocycles. The van der Waals surface area contributed by atoms with Gasteiger partial charge >= 0.3 is 6.03 Å². The van der Waals surface area contributed by atoms with E-state index >= 15 is 0 Å². The molecular formula is C13H18ClN3O4S. The highest BCUT2D eigenvalue weighted by Gasteiger charge is 2.23. The van der Waals surface area contributed by atoms with E-state index in [0.29, 0.717) is 37.0 Å². The van der Waals surface area contributed by atoms with Gasteiger partial charge in [-0.3, -0.25) is 0 Å². The number of urea groups is 1. The first kappa shape index (κ1) is 17.0. The van der Waals surface area contributed by atoms with Gasteiger partial charge in [-0.05, 0) is 24.3 Å². The van der Waals surface area contributed by atoms with Gasteiger partial charge in [0.1, 0.15) is 0 Å². The Kier molecular flexibility index (Phi) is 6.01. The van der Waals surface area contributed by atoms with Crippen molar-refractivity contribution in [2.24, 2.45) is 0 Å². The fraction of sp³-hybridized carbons (Fsp3) is 0.462. The number of nitrogens with zero attached hydrogens (tertiary/aromatic N) is 1. The Balaban J connectivity index is 1.75. The second-order valence-corrected chi connectivity index (χ2v) is 7.24. The van der Waals surface area contributed by atoms with Crippen LogP contribution in [-0.4, -0.2) is 57.4 Å². The van der Waals surface area contributed by atoms with Gasteiger partial charge in [-0.2, -0.15) is 4.31 Å². The summed E-state index contributed by atoms with van der Waals surface area (Å²) < 4.78 is 30.6. The van der Waals surface area contributed by atoms with Gasteiger partial charge in [-0.15, -0.1) is 0 Å². The minimum absolute atomic E-state index is 0.0408. The van der Waals surface area contributed by atoms with Crippen LogP contribution in [0.2, 0.25) is 5.02 Å². The smallest absolute Gasteiger partial charge is 0.319 e. The fourth-order valence-electron chi connectivity index (χ4n) is 1.96. The molecule has 0 atom stereocenters. The second-order valence-electron chi connectivity index (χ2n) is 4.72. The number of nitrogens with one attached hydrogen (secondary N) is 2. The van der Waals surface area contributed by atoms with Crippen molar-refractivity contribution in [3.8, 4) is 0 Å². The highest BCUT2D eigenvalue weighted by Crippen LogP contribution is 2.13. The van der Waals surface area contributed by atoms with Crippen LogP contribution in [0.3, 0.4) is 0 Å². The maximum Gasteiger partial charge on any atom is 0.319 e. The number of sulfonamides is 1. The molecule has 1 fully saturated rings. The van der Waals surface area contributed by atoms with E-state index in [1.807, 2.05) is 0 Å². The molecule has 0 saturated carbocycles. The Hall–Kier alpha value is -1.35. The van der Waals surface area contributed by atoms with E-state index in [9.17, 15) is 13.2 Å². The largest absolute Gasteiger partial charge is 0.379 e. The topological polar surface area (TPSA) is 87.7 Å². The lowest BCUT2D eigenvalue weighted by atomic mass is 10.3. The highest BCUT2D eigenvalue weighted by atomic mass is 35.5. The van der Waals surface area contributed by atoms with E-state index in [0.717, 1.165) is 0 Å². The Bertz CT molecular complexity index is 600. The number of hydrogen-bond donors (Lipinski definition) is 2. The zero-order valence-electron chi connectivity index (χ0n) is 11.9. The Morgan fingerprint density at radius 2 is 1.86 bits per heavy atom. The summed E-state index contributed by atoms with van der Waals surface area (Å²) in [6.07, 6.45) is 0. The normalized spacial score (nSPS) is 16.2. The first-order chi connectivity index (χ1) is 10.5. The summed E-state index contributed by atoms with van der Waals surface area (Å²) in [6.45, 7) is 1.57. The van der Waals surface area contributed by atoms with Gasteiger partial charge in [-0.1, -0.05) is 11.6 Å². The van der Waals surface area contributed by atoms with E-state index in [2.05, 4.69) is 10.6 Å². The Labute approximate surface area is 134 Å². The van der Waals surface area contributed by atoms with Gasteiger partial charge in [0, 0.05) is 30.3 Å². The Morgan fingerprint density at radius 1 is 1.23 bits per heavy atom. The molecule has 1 aliphatic heterocycles. The molecule has 0 spiro atoms. The van der Waals surface area contributed by atoms with E-state index < -0.39 is 16.1 Å². The predicted molar refractivity (Wildman–Crippen MR) is 84.7 cm³/mol. The number of amides is 2. The monoisotopic (exact) mass is 347 g/mol. The zero-order chi connectivity index (χ0) is 16.0. The fourth-order valence-corrected chi connectivity index (χ4v) is 3.41. The van der Waals surface area contributed by atoms with Crippen molar-refractivity contribution >= 4 is 33.3 Å². The quantitative estimate of drug-likeness (QED) is 0.835. The molecule has 1 aromatic rings. The molecule has 7 nitrogen and oxygen atoms in total. The van der Waals surface area contributed by atoms with Crippen molar-refractivity contribution in [1.29, 1.82) is 0 Å². The zero-order valence-corrected chi connectivity index (χ0v) is 13.5. The third kappa shape index (κ3) is 5.13. The number of carbonyl (C=O) groups excluding carboxylic acids is 1. The SMILES string of the molecule is O=C(NCCS(=O)(=O)N1CCOCC1)Nc1ccc(Cl)cc1. The summed E-state index contributed by atoms with van der Waals surface area (Å²) in [6, 6.07) is 6.17. The third-order valence-electron chi connectivity index (χ3n) is 3.11. The summed E-state index contributed by atoms with van der Waals surface area (Å²) in [5.41, 5.74) is 0.581. The summed E-state index contributed by atoms with van der Waals surface area (Å²) in [5.74, 6) is -0.138. The van der Waals surface area contributed by atoms with E-state index in [4.69, 9.17) is 16.3 Å². The Morgan fingerprint density at radius 3 is 2.50 bits per heavy atom. The van der Waals surface area contributed by atoms with Crippen molar-refractivity contribution in [2.45, 2.75) is 0 Å². The van der Waals surface area contributed by atoms with Gasteiger partial charge in [0.05, 0.1) is 19.0 Å². The van der Waals surface area contributed by atoms with Crippen molar-refractivity contribution in [1.82, 2.24) is 9.62 Å². The minimum Gasteiger partial charge on any atom is -0.379 e. The van der Waals surface area contributed by atoms with E-state index in [1.165, 1.54) is 4.31 Å². The molecule has 1 aromatic carbocycles. The molecule has 2 N–H and O–H groups in total. The summed E-state index contributed by atoms with van der Waals surface area (Å²) in [4.78, 5) is 11.7. The van der Waals surface area contributed by atoms with Crippen molar-refractivity contribution < 1.29 is 17.9 Å². The first-order valence-corrected chi connectivity index (χ1v) is 8.82. The summed E-state index contributed by atoms with van der Waals surface area (Å²) in [5, 5.41) is 5.69. The van der Waals surface area contributed by atoms with Crippen LogP contribution in [0.15, 0.2) is 24.3 Å². The van der Waals surface area contributed by atoms with Crippen LogP contribution in [-0.2, 0) is 14.8 Å². The van der Waals surface area contributed by atoms with Crippen molar-refractivity contribution in [2.75, 3.05) is 43.9 Å². The van der Waals surface area contributed by atoms with Gasteiger partial charge in [0.2, 0.25) is 10.0 Å². The number of hydrogen-bond acceptors (Lipinski definition) is 4. The molecule has 2 amide bonds. The molecule has 22 heavy (non-hydrogen) atoms. The molecule has 0 bridgehead atoms. The average Bonchev–Trinajstić information content (AvgIpc) is 2.50. The second kappa shape index (κ2) is 7.77. The molecule has 0 radical (unpaired) electrons. The third-order valence-corrected chi connectivity index (χ3v) is 5.24. The molecule has 1 saturated heterocycles. The maximum absolute atomic E-state index is 12.0. The summed E-state index contributed by atoms with van der Waals surface area (Å²) >= 11 is 5.75. The number of rotatable bonds is 5. The standard InChI is InChI=1S/C13H18ClN3O4S/c14-11-1-3-12(4-2-11)16-13(18)15-5-10-22(19,20)17-6-8-21-9-7-17/h1-4H,5-10H2,(H2,15,16,18). The molecule has 0 aromatic heterocycles. The number of carbonyl (C=O) groups is 1. The van der Waals surface area contributed by atoms with Gasteiger partial charge in [-0.25, -0.2) is 13.2 Å². The number of morpholine rings is 1. The molecule has 0 unspecified atom stereocenters. The predicted octanol–water partition coefficient (Wildman–Crippen LogP) is 1.12. The van der Waals surface area contributed by atoms with E-state index in [1.54, 1.807) is 24.3 Å². The first-order valence-electron chi connectivity index (χ1n) is 6.83. The number of halogens is 1. The van der Waals surface area contributed by atoms with Gasteiger partial charge in [0.15, 0.2) is 0 Å². The lowest BCUT2D eigenvalue weighted by Gasteiger charge is -2.26. The number of anilines is 1. The molecule has 2 rings (SSSR count). The minimum atomic E-state index is -3.36. The van der Waals surface area contributed by atoms with Gasteiger partial charge < -0.3 is 15.4 Å². The van der Waals surface area contributed by atoms with Crippen LogP contribution in [0.1, 0.15) is 0 Å². The molecule has 0 aliphatic carbocycles. The summed E-state index contributed by atoms with van der Waals surface area (Å²) in [7, 11) is -3.36. The lowest BCUT2D eigenvalue weighted by molar-refractivity contribution is 0.0730. The molecule has 1 aliphatic rings. The van der Waals surface area contributed by atoms with Crippen LogP contribution in [0.4, 0.5) is 10.5 Å². The van der Waals surface area contributed by atoms with Crippen LogP contribution >= 0.6 is 11.6 Å². The number of benzene rings is 1. The number of ether oxygens (including phenoxy) is 1. The lowest BCUT2D eigenvalue weighted by Crippen LogP contribution is -2.44. The molecule has 9 heteroatoms. The molecule has 122 valence electrons. The van der Waals surface area contributed by atoms with Crippen LogP contribution in [0, 0.1) is 0 Å².